The van der Waals surface area contributed by atoms with Gasteiger partial charge in [0.05, 0.1) is 11.1 Å². The van der Waals surface area contributed by atoms with Crippen LogP contribution in [0.3, 0.4) is 0 Å². The minimum atomic E-state index is -1.05. The molecule has 5 heteroatoms. The van der Waals surface area contributed by atoms with Crippen molar-refractivity contribution >= 4 is 11.9 Å². The monoisotopic (exact) mass is 298 g/mol. The summed E-state index contributed by atoms with van der Waals surface area (Å²) < 4.78 is 5.51. The van der Waals surface area contributed by atoms with Crippen LogP contribution in [-0.4, -0.2) is 28.8 Å². The van der Waals surface area contributed by atoms with E-state index < -0.39 is 11.9 Å². The summed E-state index contributed by atoms with van der Waals surface area (Å²) in [7, 11) is 0. The minimum absolute atomic E-state index is 0.116. The second-order valence-corrected chi connectivity index (χ2v) is 4.50. The number of carboxylic acids is 2. The average Bonchev–Trinajstić information content (AvgIpc) is 2.52. The molecule has 5 nitrogen and oxygen atoms in total. The Kier molecular flexibility index (Phi) is 4.58. The van der Waals surface area contributed by atoms with E-state index >= 15 is 0 Å². The lowest BCUT2D eigenvalue weighted by molar-refractivity contribution is 0.0686. The van der Waals surface area contributed by atoms with Crippen molar-refractivity contribution in [1.29, 1.82) is 0 Å². The van der Waals surface area contributed by atoms with Gasteiger partial charge in [-0.1, -0.05) is 24.8 Å². The summed E-state index contributed by atoms with van der Waals surface area (Å²) in [5.41, 5.74) is 1.72. The third-order valence-electron chi connectivity index (χ3n) is 3.03. The molecule has 0 aliphatic rings. The van der Waals surface area contributed by atoms with E-state index in [1.165, 1.54) is 24.3 Å². The molecule has 0 saturated carbocycles. The Morgan fingerprint density at radius 2 is 1.59 bits per heavy atom. The minimum Gasteiger partial charge on any atom is -0.489 e. The van der Waals surface area contributed by atoms with E-state index in [0.717, 1.165) is 5.56 Å². The third kappa shape index (κ3) is 3.32. The zero-order chi connectivity index (χ0) is 16.1. The maximum absolute atomic E-state index is 11.1. The van der Waals surface area contributed by atoms with Gasteiger partial charge in [-0.2, -0.15) is 0 Å². The molecule has 22 heavy (non-hydrogen) atoms. The molecule has 0 spiro atoms. The predicted molar refractivity (Wildman–Crippen MR) is 81.5 cm³/mol. The lowest BCUT2D eigenvalue weighted by Gasteiger charge is -2.11. The summed E-state index contributed by atoms with van der Waals surface area (Å²) in [6.07, 6.45) is 1.56. The molecule has 0 amide bonds. The number of hydrogen-bond acceptors (Lipinski definition) is 3. The van der Waals surface area contributed by atoms with Gasteiger partial charge in [0.1, 0.15) is 12.4 Å². The molecule has 2 rings (SSSR count). The molecule has 0 heterocycles. The van der Waals surface area contributed by atoms with Crippen LogP contribution in [0.2, 0.25) is 0 Å². The highest BCUT2D eigenvalue weighted by atomic mass is 16.5. The van der Waals surface area contributed by atoms with Crippen LogP contribution in [0.1, 0.15) is 20.7 Å². The molecule has 0 aliphatic heterocycles. The smallest absolute Gasteiger partial charge is 0.335 e. The predicted octanol–water partition coefficient (Wildman–Crippen LogP) is 3.31. The molecule has 2 aromatic rings. The maximum atomic E-state index is 11.1. The van der Waals surface area contributed by atoms with Gasteiger partial charge in [0, 0.05) is 5.56 Å². The Morgan fingerprint density at radius 3 is 2.14 bits per heavy atom. The molecule has 0 saturated heterocycles. The molecule has 0 radical (unpaired) electrons. The molecule has 0 unspecified atom stereocenters. The van der Waals surface area contributed by atoms with Gasteiger partial charge in [-0.05, 0) is 35.9 Å². The molecule has 0 bridgehead atoms. The molecular weight excluding hydrogens is 284 g/mol. The van der Waals surface area contributed by atoms with E-state index in [1.807, 2.05) is 0 Å². The number of ether oxygens (including phenoxy) is 1. The summed E-state index contributed by atoms with van der Waals surface area (Å²) in [5.74, 6) is -1.64. The van der Waals surface area contributed by atoms with E-state index in [2.05, 4.69) is 6.58 Å². The van der Waals surface area contributed by atoms with Crippen molar-refractivity contribution in [2.75, 3.05) is 6.61 Å². The van der Waals surface area contributed by atoms with Crippen molar-refractivity contribution in [2.45, 2.75) is 0 Å². The summed E-state index contributed by atoms with van der Waals surface area (Å²) >= 11 is 0. The van der Waals surface area contributed by atoms with Crippen molar-refractivity contribution in [2.24, 2.45) is 0 Å². The van der Waals surface area contributed by atoms with Crippen molar-refractivity contribution < 1.29 is 24.5 Å². The van der Waals surface area contributed by atoms with Crippen LogP contribution in [0, 0.1) is 0 Å². The highest BCUT2D eigenvalue weighted by Gasteiger charge is 2.12. The van der Waals surface area contributed by atoms with Crippen LogP contribution in [0.25, 0.3) is 11.1 Å². The van der Waals surface area contributed by atoms with Crippen LogP contribution in [-0.2, 0) is 0 Å². The standard InChI is InChI=1S/C17H14O5/c1-2-9-22-15-10-13(17(20)21)7-8-14(15)11-3-5-12(6-4-11)16(18)19/h2-8,10H,1,9H2,(H,18,19)(H,20,21). The highest BCUT2D eigenvalue weighted by Crippen LogP contribution is 2.31. The first-order valence-electron chi connectivity index (χ1n) is 6.47. The lowest BCUT2D eigenvalue weighted by Crippen LogP contribution is -2.01. The van der Waals surface area contributed by atoms with E-state index in [-0.39, 0.29) is 17.7 Å². The Balaban J connectivity index is 2.45. The van der Waals surface area contributed by atoms with Crippen LogP contribution in [0.4, 0.5) is 0 Å². The fourth-order valence-corrected chi connectivity index (χ4v) is 1.95. The van der Waals surface area contributed by atoms with Crippen LogP contribution < -0.4 is 4.74 Å². The molecule has 0 atom stereocenters. The third-order valence-corrected chi connectivity index (χ3v) is 3.03. The molecule has 0 fully saturated rings. The average molecular weight is 298 g/mol. The SMILES string of the molecule is C=CCOc1cc(C(=O)O)ccc1-c1ccc(C(=O)O)cc1. The summed E-state index contributed by atoms with van der Waals surface area (Å²) in [4.78, 5) is 21.9. The Morgan fingerprint density at radius 1 is 1.00 bits per heavy atom. The van der Waals surface area contributed by atoms with E-state index in [4.69, 9.17) is 14.9 Å². The molecule has 0 aliphatic carbocycles. The summed E-state index contributed by atoms with van der Waals surface area (Å²) in [5, 5.41) is 18.0. The zero-order valence-corrected chi connectivity index (χ0v) is 11.7. The van der Waals surface area contributed by atoms with Gasteiger partial charge in [0.25, 0.3) is 0 Å². The van der Waals surface area contributed by atoms with Gasteiger partial charge in [-0.25, -0.2) is 9.59 Å². The first-order valence-corrected chi connectivity index (χ1v) is 6.47. The van der Waals surface area contributed by atoms with Gasteiger partial charge in [-0.15, -0.1) is 0 Å². The normalized spacial score (nSPS) is 10.0. The van der Waals surface area contributed by atoms with Gasteiger partial charge in [-0.3, -0.25) is 0 Å². The lowest BCUT2D eigenvalue weighted by atomic mass is 10.0. The summed E-state index contributed by atoms with van der Waals surface area (Å²) in [6.45, 7) is 3.80. The number of benzene rings is 2. The van der Waals surface area contributed by atoms with Crippen LogP contribution in [0.15, 0.2) is 55.1 Å². The van der Waals surface area contributed by atoms with Gasteiger partial charge in [0.2, 0.25) is 0 Å². The molecule has 2 N–H and O–H groups in total. The molecular formula is C17H14O5. The van der Waals surface area contributed by atoms with Crippen molar-refractivity contribution in [3.63, 3.8) is 0 Å². The maximum Gasteiger partial charge on any atom is 0.335 e. The molecule has 112 valence electrons. The second kappa shape index (κ2) is 6.58. The quantitative estimate of drug-likeness (QED) is 0.799. The zero-order valence-electron chi connectivity index (χ0n) is 11.7. The second-order valence-electron chi connectivity index (χ2n) is 4.50. The van der Waals surface area contributed by atoms with E-state index in [1.54, 1.807) is 24.3 Å². The van der Waals surface area contributed by atoms with Crippen molar-refractivity contribution in [3.8, 4) is 16.9 Å². The van der Waals surface area contributed by atoms with Crippen molar-refractivity contribution in [3.05, 3.63) is 66.2 Å². The number of hydrogen-bond donors (Lipinski definition) is 2. The molecule has 2 aromatic carbocycles. The molecule has 0 aromatic heterocycles. The van der Waals surface area contributed by atoms with E-state index in [9.17, 15) is 9.59 Å². The summed E-state index contributed by atoms with van der Waals surface area (Å²) in [6, 6.07) is 10.8. The number of carboxylic acid groups (broad SMARTS) is 2. The van der Waals surface area contributed by atoms with E-state index in [0.29, 0.717) is 11.3 Å². The topological polar surface area (TPSA) is 83.8 Å². The van der Waals surface area contributed by atoms with Crippen molar-refractivity contribution in [1.82, 2.24) is 0 Å². The number of rotatable bonds is 6. The van der Waals surface area contributed by atoms with Gasteiger partial charge >= 0.3 is 11.9 Å². The van der Waals surface area contributed by atoms with Crippen LogP contribution in [0.5, 0.6) is 5.75 Å². The Labute approximate surface area is 127 Å². The highest BCUT2D eigenvalue weighted by molar-refractivity contribution is 5.90. The fraction of sp³-hybridized carbons (Fsp3) is 0.0588. The van der Waals surface area contributed by atoms with Gasteiger partial charge in [0.15, 0.2) is 0 Å². The first kappa shape index (κ1) is 15.3. The number of aromatic carboxylic acids is 2. The van der Waals surface area contributed by atoms with Crippen LogP contribution >= 0.6 is 0 Å². The Hall–Kier alpha value is -3.08. The largest absolute Gasteiger partial charge is 0.489 e. The number of carbonyl (C=O) groups is 2. The first-order chi connectivity index (χ1) is 10.5. The Bertz CT molecular complexity index is 716. The van der Waals surface area contributed by atoms with Gasteiger partial charge < -0.3 is 14.9 Å². The fourth-order valence-electron chi connectivity index (χ4n) is 1.95.